The van der Waals surface area contributed by atoms with E-state index in [1.54, 1.807) is 0 Å². The maximum absolute atomic E-state index is 6.45. The Labute approximate surface area is 133 Å². The highest BCUT2D eigenvalue weighted by molar-refractivity contribution is 6.74. The molecule has 1 unspecified atom stereocenters. The molecule has 116 valence electrons. The van der Waals surface area contributed by atoms with Gasteiger partial charge in [0.15, 0.2) is 8.32 Å². The number of hydrogen-bond donors (Lipinski definition) is 0. The fraction of sp³-hybridized carbons (Fsp3) is 0.579. The molecule has 0 rings (SSSR count). The molecular formula is C19H30OSi. The van der Waals surface area contributed by atoms with E-state index in [0.29, 0.717) is 6.42 Å². The van der Waals surface area contributed by atoms with Gasteiger partial charge in [0, 0.05) is 0 Å². The maximum Gasteiger partial charge on any atom is 0.192 e. The first kappa shape index (κ1) is 19.8. The van der Waals surface area contributed by atoms with Crippen LogP contribution in [0.4, 0.5) is 0 Å². The molecule has 0 aliphatic rings. The average Bonchev–Trinajstić information content (AvgIpc) is 2.36. The summed E-state index contributed by atoms with van der Waals surface area (Å²) in [6, 6.07) is 0. The van der Waals surface area contributed by atoms with E-state index >= 15 is 0 Å². The van der Waals surface area contributed by atoms with Crippen molar-refractivity contribution in [1.29, 1.82) is 0 Å². The van der Waals surface area contributed by atoms with Crippen LogP contribution in [0.2, 0.25) is 18.1 Å². The number of allylic oxidation sites excluding steroid dienone is 2. The third kappa shape index (κ3) is 8.61. The van der Waals surface area contributed by atoms with Crippen molar-refractivity contribution < 1.29 is 4.43 Å². The molecule has 21 heavy (non-hydrogen) atoms. The van der Waals surface area contributed by atoms with Crippen LogP contribution in [0, 0.1) is 24.2 Å². The van der Waals surface area contributed by atoms with Gasteiger partial charge in [0.1, 0.15) is 0 Å². The molecule has 1 nitrogen and oxygen atoms in total. The average molecular weight is 303 g/mol. The molecule has 0 aromatic heterocycles. The van der Waals surface area contributed by atoms with Crippen LogP contribution in [0.15, 0.2) is 24.3 Å². The topological polar surface area (TPSA) is 9.23 Å². The molecule has 0 fully saturated rings. The van der Waals surface area contributed by atoms with Crippen molar-refractivity contribution in [3.63, 3.8) is 0 Å². The van der Waals surface area contributed by atoms with Crippen molar-refractivity contribution in [2.45, 2.75) is 71.2 Å². The summed E-state index contributed by atoms with van der Waals surface area (Å²) >= 11 is 0. The van der Waals surface area contributed by atoms with Crippen LogP contribution in [0.5, 0.6) is 0 Å². The minimum atomic E-state index is -1.77. The van der Waals surface area contributed by atoms with Gasteiger partial charge in [-0.25, -0.2) is 0 Å². The zero-order valence-corrected chi connectivity index (χ0v) is 15.5. The zero-order valence-electron chi connectivity index (χ0n) is 14.5. The van der Waals surface area contributed by atoms with Gasteiger partial charge in [0.05, 0.1) is 12.5 Å². The van der Waals surface area contributed by atoms with Gasteiger partial charge in [-0.3, -0.25) is 0 Å². The lowest BCUT2D eigenvalue weighted by molar-refractivity contribution is 0.228. The molecule has 0 bridgehead atoms. The summed E-state index contributed by atoms with van der Waals surface area (Å²) in [4.78, 5) is 0. The Morgan fingerprint density at radius 3 is 2.43 bits per heavy atom. The van der Waals surface area contributed by atoms with Crippen LogP contribution in [-0.4, -0.2) is 14.4 Å². The second-order valence-corrected chi connectivity index (χ2v) is 11.3. The SMILES string of the molecule is C#CCC#CC=CC(CC=CCC)O[Si](C)(C)C(C)(C)C. The highest BCUT2D eigenvalue weighted by atomic mass is 28.4. The van der Waals surface area contributed by atoms with Crippen molar-refractivity contribution >= 4 is 8.32 Å². The second-order valence-electron chi connectivity index (χ2n) is 6.59. The lowest BCUT2D eigenvalue weighted by Gasteiger charge is -2.38. The lowest BCUT2D eigenvalue weighted by Crippen LogP contribution is -2.43. The van der Waals surface area contributed by atoms with E-state index in [1.165, 1.54) is 0 Å². The molecule has 0 spiro atoms. The van der Waals surface area contributed by atoms with Crippen molar-refractivity contribution in [3.05, 3.63) is 24.3 Å². The molecule has 0 aliphatic carbocycles. The monoisotopic (exact) mass is 302 g/mol. The Hall–Kier alpha value is -1.22. The van der Waals surface area contributed by atoms with E-state index < -0.39 is 8.32 Å². The van der Waals surface area contributed by atoms with Crippen LogP contribution >= 0.6 is 0 Å². The van der Waals surface area contributed by atoms with E-state index in [-0.39, 0.29) is 11.1 Å². The van der Waals surface area contributed by atoms with Gasteiger partial charge >= 0.3 is 0 Å². The molecule has 2 heteroatoms. The first-order valence-electron chi connectivity index (χ1n) is 7.66. The normalized spacial score (nSPS) is 14.0. The largest absolute Gasteiger partial charge is 0.410 e. The minimum Gasteiger partial charge on any atom is -0.410 e. The van der Waals surface area contributed by atoms with E-state index in [9.17, 15) is 0 Å². The summed E-state index contributed by atoms with van der Waals surface area (Å²) in [5.74, 6) is 8.40. The number of hydrogen-bond acceptors (Lipinski definition) is 1. The molecule has 0 saturated carbocycles. The number of terminal acetylenes is 1. The molecule has 0 aromatic carbocycles. The van der Waals surface area contributed by atoms with Gasteiger partial charge in [-0.1, -0.05) is 57.6 Å². The van der Waals surface area contributed by atoms with Crippen molar-refractivity contribution in [2.24, 2.45) is 0 Å². The summed E-state index contributed by atoms with van der Waals surface area (Å²) in [6.45, 7) is 13.5. The molecule has 0 saturated heterocycles. The Morgan fingerprint density at radius 2 is 1.90 bits per heavy atom. The van der Waals surface area contributed by atoms with Gasteiger partial charge in [-0.05, 0) is 43.1 Å². The van der Waals surface area contributed by atoms with Crippen LogP contribution in [-0.2, 0) is 4.43 Å². The van der Waals surface area contributed by atoms with Crippen molar-refractivity contribution in [3.8, 4) is 24.2 Å². The fourth-order valence-electron chi connectivity index (χ4n) is 1.43. The molecule has 0 amide bonds. The van der Waals surface area contributed by atoms with Crippen LogP contribution in [0.25, 0.3) is 0 Å². The molecule has 0 N–H and O–H groups in total. The predicted molar refractivity (Wildman–Crippen MR) is 96.5 cm³/mol. The van der Waals surface area contributed by atoms with Gasteiger partial charge in [0.25, 0.3) is 0 Å². The Balaban J connectivity index is 4.88. The predicted octanol–water partition coefficient (Wildman–Crippen LogP) is 5.32. The van der Waals surface area contributed by atoms with E-state index in [2.05, 4.69) is 76.8 Å². The quantitative estimate of drug-likeness (QED) is 0.367. The molecule has 0 heterocycles. The Morgan fingerprint density at radius 1 is 1.24 bits per heavy atom. The van der Waals surface area contributed by atoms with E-state index in [0.717, 1.165) is 12.8 Å². The highest BCUT2D eigenvalue weighted by Crippen LogP contribution is 2.37. The summed E-state index contributed by atoms with van der Waals surface area (Å²) in [5, 5.41) is 0.211. The van der Waals surface area contributed by atoms with Gasteiger partial charge in [0.2, 0.25) is 0 Å². The Kier molecular flexibility index (Phi) is 9.10. The maximum atomic E-state index is 6.45. The molecule has 1 atom stereocenters. The standard InChI is InChI=1S/C19H30OSi/c1-8-10-12-13-15-17-18(16-14-11-9-2)20-21(6,7)19(3,4)5/h1,11,14-15,17-18H,9-10,16H2,2-7H3. The molecule has 0 aliphatic heterocycles. The zero-order chi connectivity index (χ0) is 16.4. The van der Waals surface area contributed by atoms with Gasteiger partial charge < -0.3 is 4.43 Å². The Bertz CT molecular complexity index is 447. The minimum absolute atomic E-state index is 0.0915. The van der Waals surface area contributed by atoms with Gasteiger partial charge in [-0.2, -0.15) is 0 Å². The fourth-order valence-corrected chi connectivity index (χ4v) is 2.72. The number of rotatable bonds is 6. The van der Waals surface area contributed by atoms with Gasteiger partial charge in [-0.15, -0.1) is 6.42 Å². The first-order valence-corrected chi connectivity index (χ1v) is 10.6. The van der Waals surface area contributed by atoms with Crippen LogP contribution < -0.4 is 0 Å². The summed E-state index contributed by atoms with van der Waals surface area (Å²) in [7, 11) is -1.77. The summed E-state index contributed by atoms with van der Waals surface area (Å²) in [6.07, 6.45) is 16.0. The summed E-state index contributed by atoms with van der Waals surface area (Å²) < 4.78 is 6.45. The third-order valence-electron chi connectivity index (χ3n) is 3.71. The second kappa shape index (κ2) is 9.67. The van der Waals surface area contributed by atoms with E-state index in [1.807, 2.05) is 6.08 Å². The smallest absolute Gasteiger partial charge is 0.192 e. The lowest BCUT2D eigenvalue weighted by atomic mass is 10.2. The first-order chi connectivity index (χ1) is 9.74. The molecule has 0 aromatic rings. The van der Waals surface area contributed by atoms with Crippen LogP contribution in [0.1, 0.15) is 47.0 Å². The van der Waals surface area contributed by atoms with Crippen molar-refractivity contribution in [2.75, 3.05) is 0 Å². The van der Waals surface area contributed by atoms with Crippen molar-refractivity contribution in [1.82, 2.24) is 0 Å². The summed E-state index contributed by atoms with van der Waals surface area (Å²) in [5.41, 5.74) is 0. The highest BCUT2D eigenvalue weighted by Gasteiger charge is 2.38. The molecular weight excluding hydrogens is 272 g/mol. The van der Waals surface area contributed by atoms with Crippen LogP contribution in [0.3, 0.4) is 0 Å². The molecule has 0 radical (unpaired) electrons. The third-order valence-corrected chi connectivity index (χ3v) is 8.21. The van der Waals surface area contributed by atoms with E-state index in [4.69, 9.17) is 10.8 Å².